The van der Waals surface area contributed by atoms with E-state index in [4.69, 9.17) is 4.42 Å². The molecule has 2 aromatic rings. The van der Waals surface area contributed by atoms with Crippen LogP contribution in [-0.2, 0) is 4.79 Å². The number of carboxylic acids is 1. The largest absolute Gasteiger partial charge is 0.478 e. The molecule has 0 aliphatic heterocycles. The summed E-state index contributed by atoms with van der Waals surface area (Å²) in [6, 6.07) is 10.5. The van der Waals surface area contributed by atoms with Crippen LogP contribution in [0.5, 0.6) is 0 Å². The van der Waals surface area contributed by atoms with Crippen molar-refractivity contribution in [2.45, 2.75) is 0 Å². The molecule has 0 saturated carbocycles. The van der Waals surface area contributed by atoms with Crippen LogP contribution in [0.25, 0.3) is 11.6 Å². The highest BCUT2D eigenvalue weighted by Gasteiger charge is 2.10. The molecule has 17 heavy (non-hydrogen) atoms. The van der Waals surface area contributed by atoms with E-state index in [-0.39, 0.29) is 5.57 Å². The Morgan fingerprint density at radius 3 is 2.47 bits per heavy atom. The van der Waals surface area contributed by atoms with Crippen molar-refractivity contribution in [3.8, 4) is 0 Å². The van der Waals surface area contributed by atoms with E-state index in [1.54, 1.807) is 36.4 Å². The van der Waals surface area contributed by atoms with Gasteiger partial charge in [-0.05, 0) is 35.9 Å². The maximum Gasteiger partial charge on any atom is 0.336 e. The maximum atomic E-state index is 11.2. The van der Waals surface area contributed by atoms with Gasteiger partial charge in [0.2, 0.25) is 0 Å². The van der Waals surface area contributed by atoms with E-state index >= 15 is 0 Å². The molecule has 0 radical (unpaired) electrons. The second kappa shape index (κ2) is 5.01. The molecule has 1 aromatic heterocycles. The van der Waals surface area contributed by atoms with Gasteiger partial charge in [-0.25, -0.2) is 4.79 Å². The highest BCUT2D eigenvalue weighted by Crippen LogP contribution is 2.21. The summed E-state index contributed by atoms with van der Waals surface area (Å²) in [6.07, 6.45) is 3.01. The zero-order chi connectivity index (χ0) is 12.3. The normalized spacial score (nSPS) is 11.5. The first-order valence-electron chi connectivity index (χ1n) is 4.91. The van der Waals surface area contributed by atoms with E-state index in [9.17, 15) is 9.90 Å². The standard InChI is InChI=1S/C13H9BrO3/c14-10-5-3-9(4-6-10)12(13(15)16)8-11-2-1-7-17-11/h1-8H,(H,15,16)/b12-8-. The van der Waals surface area contributed by atoms with Crippen molar-refractivity contribution in [1.29, 1.82) is 0 Å². The van der Waals surface area contributed by atoms with E-state index in [1.165, 1.54) is 12.3 Å². The minimum Gasteiger partial charge on any atom is -0.478 e. The molecule has 3 nitrogen and oxygen atoms in total. The van der Waals surface area contributed by atoms with E-state index in [2.05, 4.69) is 15.9 Å². The molecule has 0 fully saturated rings. The van der Waals surface area contributed by atoms with Gasteiger partial charge in [-0.15, -0.1) is 0 Å². The average molecular weight is 293 g/mol. The molecule has 86 valence electrons. The second-order valence-corrected chi connectivity index (χ2v) is 4.30. The molecule has 0 saturated heterocycles. The van der Waals surface area contributed by atoms with Crippen LogP contribution in [0.4, 0.5) is 0 Å². The van der Waals surface area contributed by atoms with Crippen LogP contribution < -0.4 is 0 Å². The van der Waals surface area contributed by atoms with Gasteiger partial charge in [0.05, 0.1) is 11.8 Å². The summed E-state index contributed by atoms with van der Waals surface area (Å²) in [5.74, 6) is -0.464. The van der Waals surface area contributed by atoms with Crippen molar-refractivity contribution in [3.05, 3.63) is 58.5 Å². The van der Waals surface area contributed by atoms with Gasteiger partial charge in [-0.1, -0.05) is 28.1 Å². The van der Waals surface area contributed by atoms with Gasteiger partial charge in [0.25, 0.3) is 0 Å². The molecule has 0 spiro atoms. The van der Waals surface area contributed by atoms with E-state index in [0.29, 0.717) is 11.3 Å². The minimum absolute atomic E-state index is 0.201. The van der Waals surface area contributed by atoms with Crippen LogP contribution in [-0.4, -0.2) is 11.1 Å². The lowest BCUT2D eigenvalue weighted by Crippen LogP contribution is -1.99. The molecule has 0 bridgehead atoms. The SMILES string of the molecule is O=C(O)/C(=C\c1ccco1)c1ccc(Br)cc1. The van der Waals surface area contributed by atoms with Gasteiger partial charge < -0.3 is 9.52 Å². The molecule has 1 aromatic carbocycles. The van der Waals surface area contributed by atoms with E-state index < -0.39 is 5.97 Å². The summed E-state index contributed by atoms with van der Waals surface area (Å²) < 4.78 is 6.02. The molecule has 0 unspecified atom stereocenters. The van der Waals surface area contributed by atoms with Crippen molar-refractivity contribution in [1.82, 2.24) is 0 Å². The number of furan rings is 1. The van der Waals surface area contributed by atoms with Gasteiger partial charge in [-0.2, -0.15) is 0 Å². The molecule has 0 amide bonds. The van der Waals surface area contributed by atoms with Gasteiger partial charge >= 0.3 is 5.97 Å². The Labute approximate surface area is 107 Å². The van der Waals surface area contributed by atoms with Gasteiger partial charge in [0.1, 0.15) is 5.76 Å². The molecular formula is C13H9BrO3. The lowest BCUT2D eigenvalue weighted by molar-refractivity contribution is -0.130. The van der Waals surface area contributed by atoms with Crippen LogP contribution in [0.15, 0.2) is 51.6 Å². The first kappa shape index (κ1) is 11.7. The Balaban J connectivity index is 2.43. The van der Waals surface area contributed by atoms with E-state index in [0.717, 1.165) is 4.47 Å². The third kappa shape index (κ3) is 2.85. The number of carboxylic acid groups (broad SMARTS) is 1. The summed E-state index contributed by atoms with van der Waals surface area (Å²) in [7, 11) is 0. The second-order valence-electron chi connectivity index (χ2n) is 3.39. The lowest BCUT2D eigenvalue weighted by Gasteiger charge is -2.02. The minimum atomic E-state index is -0.983. The van der Waals surface area contributed by atoms with Gasteiger partial charge in [0.15, 0.2) is 0 Å². The summed E-state index contributed by atoms with van der Waals surface area (Å²) in [5, 5.41) is 9.17. The van der Waals surface area contributed by atoms with Crippen molar-refractivity contribution >= 4 is 33.5 Å². The van der Waals surface area contributed by atoms with Gasteiger partial charge in [-0.3, -0.25) is 0 Å². The first-order chi connectivity index (χ1) is 8.16. The third-order valence-electron chi connectivity index (χ3n) is 2.22. The fourth-order valence-corrected chi connectivity index (χ4v) is 1.68. The molecule has 0 atom stereocenters. The zero-order valence-electron chi connectivity index (χ0n) is 8.76. The number of aliphatic carboxylic acids is 1. The molecule has 0 aliphatic rings. The summed E-state index contributed by atoms with van der Waals surface area (Å²) in [6.45, 7) is 0. The Morgan fingerprint density at radius 2 is 1.94 bits per heavy atom. The Hall–Kier alpha value is -1.81. The Bertz CT molecular complexity index is 539. The van der Waals surface area contributed by atoms with Crippen molar-refractivity contribution < 1.29 is 14.3 Å². The molecular weight excluding hydrogens is 284 g/mol. The van der Waals surface area contributed by atoms with Crippen LogP contribution in [0.1, 0.15) is 11.3 Å². The van der Waals surface area contributed by atoms with Gasteiger partial charge in [0, 0.05) is 4.47 Å². The number of carbonyl (C=O) groups is 1. The topological polar surface area (TPSA) is 50.4 Å². The van der Waals surface area contributed by atoms with Crippen LogP contribution in [0, 0.1) is 0 Å². The quantitative estimate of drug-likeness (QED) is 0.878. The fourth-order valence-electron chi connectivity index (χ4n) is 1.41. The molecule has 2 rings (SSSR count). The predicted octanol–water partition coefficient (Wildman–Crippen LogP) is 3.67. The molecule has 4 heteroatoms. The smallest absolute Gasteiger partial charge is 0.336 e. The Morgan fingerprint density at radius 1 is 1.24 bits per heavy atom. The summed E-state index contributed by atoms with van der Waals surface area (Å²) in [4.78, 5) is 11.2. The highest BCUT2D eigenvalue weighted by atomic mass is 79.9. The number of hydrogen-bond acceptors (Lipinski definition) is 2. The van der Waals surface area contributed by atoms with Crippen LogP contribution >= 0.6 is 15.9 Å². The predicted molar refractivity (Wildman–Crippen MR) is 68.4 cm³/mol. The lowest BCUT2D eigenvalue weighted by atomic mass is 10.1. The molecule has 0 aliphatic carbocycles. The van der Waals surface area contributed by atoms with Crippen molar-refractivity contribution in [3.63, 3.8) is 0 Å². The highest BCUT2D eigenvalue weighted by molar-refractivity contribution is 9.10. The van der Waals surface area contributed by atoms with Crippen LogP contribution in [0.3, 0.4) is 0 Å². The number of rotatable bonds is 3. The molecule has 1 N–H and O–H groups in total. The average Bonchev–Trinajstić information content (AvgIpc) is 2.80. The van der Waals surface area contributed by atoms with Crippen molar-refractivity contribution in [2.24, 2.45) is 0 Å². The monoisotopic (exact) mass is 292 g/mol. The number of benzene rings is 1. The molecule has 1 heterocycles. The summed E-state index contributed by atoms with van der Waals surface area (Å²) in [5.41, 5.74) is 0.838. The zero-order valence-corrected chi connectivity index (χ0v) is 10.3. The number of halogens is 1. The summed E-state index contributed by atoms with van der Waals surface area (Å²) >= 11 is 3.31. The van der Waals surface area contributed by atoms with Crippen LogP contribution in [0.2, 0.25) is 0 Å². The first-order valence-corrected chi connectivity index (χ1v) is 5.70. The Kier molecular flexibility index (Phi) is 3.44. The van der Waals surface area contributed by atoms with E-state index in [1.807, 2.05) is 0 Å². The maximum absolute atomic E-state index is 11.2. The number of hydrogen-bond donors (Lipinski definition) is 1. The third-order valence-corrected chi connectivity index (χ3v) is 2.74. The van der Waals surface area contributed by atoms with Crippen molar-refractivity contribution in [2.75, 3.05) is 0 Å². The fraction of sp³-hybridized carbons (Fsp3) is 0.